The highest BCUT2D eigenvalue weighted by Gasteiger charge is 2.17. The van der Waals surface area contributed by atoms with Gasteiger partial charge in [0.2, 0.25) is 0 Å². The Kier molecular flexibility index (Phi) is 2.70. The van der Waals surface area contributed by atoms with Crippen molar-refractivity contribution < 1.29 is 4.39 Å². The van der Waals surface area contributed by atoms with Crippen LogP contribution in [0.3, 0.4) is 0 Å². The van der Waals surface area contributed by atoms with E-state index in [0.29, 0.717) is 0 Å². The van der Waals surface area contributed by atoms with E-state index in [-0.39, 0.29) is 24.3 Å². The molecule has 3 heteroatoms. The number of fused-ring (bicyclic) bond motifs is 1. The third kappa shape index (κ3) is 1.59. The lowest BCUT2D eigenvalue weighted by Gasteiger charge is -1.95. The monoisotopic (exact) mass is 187 g/mol. The van der Waals surface area contributed by atoms with Gasteiger partial charge in [-0.1, -0.05) is 6.07 Å². The van der Waals surface area contributed by atoms with E-state index in [1.165, 1.54) is 11.6 Å². The van der Waals surface area contributed by atoms with Gasteiger partial charge in [0, 0.05) is 6.04 Å². The second-order valence-electron chi connectivity index (χ2n) is 3.08. The molecule has 0 spiro atoms. The minimum absolute atomic E-state index is 0. The van der Waals surface area contributed by atoms with Crippen LogP contribution in [0.4, 0.5) is 4.39 Å². The molecule has 1 nitrogen and oxygen atoms in total. The summed E-state index contributed by atoms with van der Waals surface area (Å²) in [6, 6.07) is 5.11. The molecule has 1 unspecified atom stereocenters. The van der Waals surface area contributed by atoms with Gasteiger partial charge in [-0.3, -0.25) is 0 Å². The smallest absolute Gasteiger partial charge is 0.123 e. The standard InChI is InChI=1S/C9H10FN.ClH/c10-8-2-1-6-4-9(11)5-7(6)3-8;/h1-3,9H,4-5,11H2;1H. The zero-order valence-corrected chi connectivity index (χ0v) is 7.40. The van der Waals surface area contributed by atoms with E-state index < -0.39 is 0 Å². The second kappa shape index (κ2) is 3.42. The summed E-state index contributed by atoms with van der Waals surface area (Å²) in [7, 11) is 0. The average molecular weight is 188 g/mol. The van der Waals surface area contributed by atoms with Crippen molar-refractivity contribution in [3.8, 4) is 0 Å². The molecule has 0 saturated heterocycles. The highest BCUT2D eigenvalue weighted by Crippen LogP contribution is 2.21. The van der Waals surface area contributed by atoms with Crippen LogP contribution in [0, 0.1) is 5.82 Å². The van der Waals surface area contributed by atoms with Crippen molar-refractivity contribution in [3.05, 3.63) is 35.1 Å². The first kappa shape index (κ1) is 9.49. The molecule has 12 heavy (non-hydrogen) atoms. The lowest BCUT2D eigenvalue weighted by atomic mass is 10.1. The van der Waals surface area contributed by atoms with Crippen LogP contribution in [-0.2, 0) is 12.8 Å². The number of benzene rings is 1. The van der Waals surface area contributed by atoms with Crippen LogP contribution in [0.25, 0.3) is 0 Å². The lowest BCUT2D eigenvalue weighted by Crippen LogP contribution is -2.18. The highest BCUT2D eigenvalue weighted by molar-refractivity contribution is 5.85. The summed E-state index contributed by atoms with van der Waals surface area (Å²) < 4.78 is 12.6. The van der Waals surface area contributed by atoms with Gasteiger partial charge in [-0.2, -0.15) is 0 Å². The molecular formula is C9H11ClFN. The fourth-order valence-corrected chi connectivity index (χ4v) is 1.62. The zero-order valence-electron chi connectivity index (χ0n) is 6.59. The summed E-state index contributed by atoms with van der Waals surface area (Å²) in [6.07, 6.45) is 1.72. The van der Waals surface area contributed by atoms with Crippen molar-refractivity contribution in [3.63, 3.8) is 0 Å². The molecule has 0 aromatic heterocycles. The first-order chi connectivity index (χ1) is 5.25. The van der Waals surface area contributed by atoms with Crippen LogP contribution in [0.1, 0.15) is 11.1 Å². The molecule has 0 radical (unpaired) electrons. The van der Waals surface area contributed by atoms with Crippen molar-refractivity contribution in [2.75, 3.05) is 0 Å². The molecule has 2 N–H and O–H groups in total. The molecule has 0 heterocycles. The van der Waals surface area contributed by atoms with E-state index >= 15 is 0 Å². The van der Waals surface area contributed by atoms with Gasteiger partial charge >= 0.3 is 0 Å². The first-order valence-corrected chi connectivity index (χ1v) is 3.78. The van der Waals surface area contributed by atoms with Crippen LogP contribution >= 0.6 is 12.4 Å². The molecule has 1 aliphatic carbocycles. The lowest BCUT2D eigenvalue weighted by molar-refractivity contribution is 0.625. The number of nitrogens with two attached hydrogens (primary N) is 1. The van der Waals surface area contributed by atoms with Gasteiger partial charge in [-0.25, -0.2) is 4.39 Å². The zero-order chi connectivity index (χ0) is 7.84. The third-order valence-electron chi connectivity index (χ3n) is 2.13. The van der Waals surface area contributed by atoms with Crippen LogP contribution in [0.15, 0.2) is 18.2 Å². The van der Waals surface area contributed by atoms with Crippen molar-refractivity contribution in [2.45, 2.75) is 18.9 Å². The van der Waals surface area contributed by atoms with E-state index in [9.17, 15) is 4.39 Å². The maximum atomic E-state index is 12.6. The minimum Gasteiger partial charge on any atom is -0.327 e. The third-order valence-corrected chi connectivity index (χ3v) is 2.13. The summed E-state index contributed by atoms with van der Waals surface area (Å²) in [5, 5.41) is 0. The number of hydrogen-bond acceptors (Lipinski definition) is 1. The Morgan fingerprint density at radius 3 is 2.67 bits per heavy atom. The van der Waals surface area contributed by atoms with Crippen molar-refractivity contribution in [1.29, 1.82) is 0 Å². The number of rotatable bonds is 0. The molecule has 1 aliphatic rings. The van der Waals surface area contributed by atoms with Gasteiger partial charge in [-0.15, -0.1) is 12.4 Å². The highest BCUT2D eigenvalue weighted by atomic mass is 35.5. The second-order valence-corrected chi connectivity index (χ2v) is 3.08. The van der Waals surface area contributed by atoms with Crippen LogP contribution < -0.4 is 5.73 Å². The van der Waals surface area contributed by atoms with Gasteiger partial charge in [0.25, 0.3) is 0 Å². The van der Waals surface area contributed by atoms with Gasteiger partial charge in [-0.05, 0) is 36.1 Å². The minimum atomic E-state index is -0.155. The normalized spacial score (nSPS) is 20.0. The van der Waals surface area contributed by atoms with Crippen molar-refractivity contribution in [1.82, 2.24) is 0 Å². The largest absolute Gasteiger partial charge is 0.327 e. The van der Waals surface area contributed by atoms with Gasteiger partial charge in [0.05, 0.1) is 0 Å². The average Bonchev–Trinajstić information content (AvgIpc) is 2.27. The van der Waals surface area contributed by atoms with Gasteiger partial charge in [0.15, 0.2) is 0 Å². The Labute approximate surface area is 77.2 Å². The number of halogens is 2. The Morgan fingerprint density at radius 2 is 1.92 bits per heavy atom. The molecule has 66 valence electrons. The summed E-state index contributed by atoms with van der Waals surface area (Å²) in [5.41, 5.74) is 8.00. The fraction of sp³-hybridized carbons (Fsp3) is 0.333. The summed E-state index contributed by atoms with van der Waals surface area (Å²) in [5.74, 6) is -0.155. The Balaban J connectivity index is 0.000000720. The predicted molar refractivity (Wildman–Crippen MR) is 49.0 cm³/mol. The van der Waals surface area contributed by atoms with Gasteiger partial charge < -0.3 is 5.73 Å². The van der Waals surface area contributed by atoms with Crippen LogP contribution in [0.5, 0.6) is 0 Å². The molecule has 1 aromatic carbocycles. The summed E-state index contributed by atoms with van der Waals surface area (Å²) >= 11 is 0. The van der Waals surface area contributed by atoms with Crippen LogP contribution in [-0.4, -0.2) is 6.04 Å². The molecule has 0 bridgehead atoms. The molecule has 0 fully saturated rings. The van der Waals surface area contributed by atoms with Crippen LogP contribution in [0.2, 0.25) is 0 Å². The van der Waals surface area contributed by atoms with E-state index in [0.717, 1.165) is 18.4 Å². The molecule has 0 aliphatic heterocycles. The maximum Gasteiger partial charge on any atom is 0.123 e. The van der Waals surface area contributed by atoms with Gasteiger partial charge in [0.1, 0.15) is 5.82 Å². The molecular weight excluding hydrogens is 177 g/mol. The van der Waals surface area contributed by atoms with Crippen molar-refractivity contribution >= 4 is 12.4 Å². The van der Waals surface area contributed by atoms with E-state index in [1.54, 1.807) is 6.07 Å². The Bertz CT molecular complexity index is 288. The Hall–Kier alpha value is -0.600. The SMILES string of the molecule is Cl.NC1Cc2ccc(F)cc2C1. The maximum absolute atomic E-state index is 12.6. The molecule has 1 atom stereocenters. The predicted octanol–water partition coefficient (Wildman–Crippen LogP) is 1.67. The van der Waals surface area contributed by atoms with E-state index in [1.807, 2.05) is 6.07 Å². The summed E-state index contributed by atoms with van der Waals surface area (Å²) in [6.45, 7) is 0. The van der Waals surface area contributed by atoms with E-state index in [2.05, 4.69) is 0 Å². The van der Waals surface area contributed by atoms with Crippen molar-refractivity contribution in [2.24, 2.45) is 5.73 Å². The molecule has 1 aromatic rings. The molecule has 2 rings (SSSR count). The molecule has 0 amide bonds. The topological polar surface area (TPSA) is 26.0 Å². The number of hydrogen-bond donors (Lipinski definition) is 1. The quantitative estimate of drug-likeness (QED) is 0.657. The first-order valence-electron chi connectivity index (χ1n) is 3.78. The molecule has 0 saturated carbocycles. The summed E-state index contributed by atoms with van der Waals surface area (Å²) in [4.78, 5) is 0. The van der Waals surface area contributed by atoms with E-state index in [4.69, 9.17) is 5.73 Å². The fourth-order valence-electron chi connectivity index (χ4n) is 1.62. The Morgan fingerprint density at radius 1 is 1.25 bits per heavy atom.